The Balaban J connectivity index is 2.04. The van der Waals surface area contributed by atoms with Gasteiger partial charge in [-0.25, -0.2) is 14.4 Å². The van der Waals surface area contributed by atoms with Crippen molar-refractivity contribution in [3.8, 4) is 0 Å². The first-order valence-corrected chi connectivity index (χ1v) is 5.79. The highest BCUT2D eigenvalue weighted by atomic mass is 19.1. The number of aromatic nitrogens is 3. The van der Waals surface area contributed by atoms with Gasteiger partial charge in [0.05, 0.1) is 11.9 Å². The maximum Gasteiger partial charge on any atom is 0.263 e. The van der Waals surface area contributed by atoms with Crippen LogP contribution < -0.4 is 5.56 Å². The molecule has 3 rings (SSSR count). The van der Waals surface area contributed by atoms with Gasteiger partial charge in [0.25, 0.3) is 5.56 Å². The van der Waals surface area contributed by atoms with Gasteiger partial charge in [-0.1, -0.05) is 12.1 Å². The fourth-order valence-electron chi connectivity index (χ4n) is 1.90. The molecule has 0 saturated heterocycles. The standard InChI is InChI=1S/C14H10FN3O/c15-11-5-3-10(4-6-11)8-18-9-17-13-12(14(18)19)2-1-7-16-13/h1-7,9H,8H2. The molecule has 0 amide bonds. The number of nitrogens with zero attached hydrogens (tertiary/aromatic N) is 3. The molecule has 0 aliphatic heterocycles. The summed E-state index contributed by atoms with van der Waals surface area (Å²) in [5.41, 5.74) is 1.12. The van der Waals surface area contributed by atoms with Gasteiger partial charge in [0.2, 0.25) is 0 Å². The van der Waals surface area contributed by atoms with Gasteiger partial charge in [-0.3, -0.25) is 9.36 Å². The minimum Gasteiger partial charge on any atom is -0.294 e. The molecule has 3 aromatic rings. The van der Waals surface area contributed by atoms with E-state index in [1.54, 1.807) is 30.5 Å². The van der Waals surface area contributed by atoms with Crippen LogP contribution in [0.25, 0.3) is 11.0 Å². The fourth-order valence-corrected chi connectivity index (χ4v) is 1.90. The largest absolute Gasteiger partial charge is 0.294 e. The van der Waals surface area contributed by atoms with E-state index in [0.29, 0.717) is 17.6 Å². The van der Waals surface area contributed by atoms with Gasteiger partial charge in [0.1, 0.15) is 12.1 Å². The third-order valence-electron chi connectivity index (χ3n) is 2.86. The van der Waals surface area contributed by atoms with E-state index in [0.717, 1.165) is 5.56 Å². The molecule has 0 aliphatic carbocycles. The molecule has 2 aromatic heterocycles. The van der Waals surface area contributed by atoms with Crippen molar-refractivity contribution in [1.82, 2.24) is 14.5 Å². The zero-order valence-electron chi connectivity index (χ0n) is 9.95. The zero-order valence-corrected chi connectivity index (χ0v) is 9.95. The molecule has 5 heteroatoms. The van der Waals surface area contributed by atoms with Gasteiger partial charge in [0.15, 0.2) is 5.65 Å². The van der Waals surface area contributed by atoms with Crippen molar-refractivity contribution < 1.29 is 4.39 Å². The lowest BCUT2D eigenvalue weighted by molar-refractivity contribution is 0.626. The van der Waals surface area contributed by atoms with Crippen LogP contribution in [-0.2, 0) is 6.54 Å². The number of rotatable bonds is 2. The molecule has 0 radical (unpaired) electrons. The molecular formula is C14H10FN3O. The third kappa shape index (κ3) is 2.22. The monoisotopic (exact) mass is 255 g/mol. The molecule has 0 spiro atoms. The first-order chi connectivity index (χ1) is 9.24. The molecule has 0 aliphatic rings. The van der Waals surface area contributed by atoms with Gasteiger partial charge < -0.3 is 0 Å². The lowest BCUT2D eigenvalue weighted by atomic mass is 10.2. The van der Waals surface area contributed by atoms with E-state index in [2.05, 4.69) is 9.97 Å². The summed E-state index contributed by atoms with van der Waals surface area (Å²) in [6, 6.07) is 9.43. The summed E-state index contributed by atoms with van der Waals surface area (Å²) in [5, 5.41) is 0.479. The molecule has 0 saturated carbocycles. The summed E-state index contributed by atoms with van der Waals surface area (Å²) < 4.78 is 14.3. The zero-order chi connectivity index (χ0) is 13.2. The Labute approximate surface area is 108 Å². The third-order valence-corrected chi connectivity index (χ3v) is 2.86. The van der Waals surface area contributed by atoms with Crippen LogP contribution in [0, 0.1) is 5.82 Å². The van der Waals surface area contributed by atoms with E-state index >= 15 is 0 Å². The van der Waals surface area contributed by atoms with Crippen molar-refractivity contribution in [3.63, 3.8) is 0 Å². The highest BCUT2D eigenvalue weighted by molar-refractivity contribution is 5.72. The molecule has 0 fully saturated rings. The molecule has 0 N–H and O–H groups in total. The summed E-state index contributed by atoms with van der Waals surface area (Å²) in [5.74, 6) is -0.295. The van der Waals surface area contributed by atoms with Crippen LogP contribution in [0.5, 0.6) is 0 Å². The number of hydrogen-bond acceptors (Lipinski definition) is 3. The fraction of sp³-hybridized carbons (Fsp3) is 0.0714. The lowest BCUT2D eigenvalue weighted by Gasteiger charge is -2.06. The van der Waals surface area contributed by atoms with Crippen molar-refractivity contribution in [2.45, 2.75) is 6.54 Å². The quantitative estimate of drug-likeness (QED) is 0.703. The summed E-state index contributed by atoms with van der Waals surface area (Å²) in [4.78, 5) is 20.4. The number of fused-ring (bicyclic) bond motifs is 1. The maximum absolute atomic E-state index is 12.8. The second-order valence-electron chi connectivity index (χ2n) is 4.18. The van der Waals surface area contributed by atoms with Crippen molar-refractivity contribution in [3.05, 3.63) is 70.7 Å². The van der Waals surface area contributed by atoms with Crippen LogP contribution in [0.15, 0.2) is 53.7 Å². The van der Waals surface area contributed by atoms with Crippen LogP contribution >= 0.6 is 0 Å². The van der Waals surface area contributed by atoms with Crippen LogP contribution in [0.4, 0.5) is 4.39 Å². The Morgan fingerprint density at radius 3 is 2.68 bits per heavy atom. The minimum absolute atomic E-state index is 0.151. The predicted molar refractivity (Wildman–Crippen MR) is 69.3 cm³/mol. The number of halogens is 1. The average Bonchev–Trinajstić information content (AvgIpc) is 2.45. The van der Waals surface area contributed by atoms with E-state index in [1.807, 2.05) is 0 Å². The Kier molecular flexibility index (Phi) is 2.79. The van der Waals surface area contributed by atoms with E-state index in [1.165, 1.54) is 23.0 Å². The van der Waals surface area contributed by atoms with Crippen molar-refractivity contribution in [2.75, 3.05) is 0 Å². The molecule has 2 heterocycles. The van der Waals surface area contributed by atoms with E-state index in [9.17, 15) is 9.18 Å². The average molecular weight is 255 g/mol. The summed E-state index contributed by atoms with van der Waals surface area (Å²) >= 11 is 0. The van der Waals surface area contributed by atoms with Gasteiger partial charge in [-0.2, -0.15) is 0 Å². The van der Waals surface area contributed by atoms with E-state index in [-0.39, 0.29) is 11.4 Å². The molecular weight excluding hydrogens is 245 g/mol. The van der Waals surface area contributed by atoms with E-state index in [4.69, 9.17) is 0 Å². The Hall–Kier alpha value is -2.56. The summed E-state index contributed by atoms with van der Waals surface area (Å²) in [6.45, 7) is 0.358. The van der Waals surface area contributed by atoms with E-state index < -0.39 is 0 Å². The van der Waals surface area contributed by atoms with Crippen molar-refractivity contribution in [2.24, 2.45) is 0 Å². The maximum atomic E-state index is 12.8. The van der Waals surface area contributed by atoms with Crippen LogP contribution in [-0.4, -0.2) is 14.5 Å². The van der Waals surface area contributed by atoms with Gasteiger partial charge in [-0.15, -0.1) is 0 Å². The number of benzene rings is 1. The Morgan fingerprint density at radius 1 is 1.11 bits per heavy atom. The van der Waals surface area contributed by atoms with Crippen molar-refractivity contribution in [1.29, 1.82) is 0 Å². The molecule has 19 heavy (non-hydrogen) atoms. The Bertz CT molecular complexity index is 781. The molecule has 0 atom stereocenters. The molecule has 0 unspecified atom stereocenters. The summed E-state index contributed by atoms with van der Waals surface area (Å²) in [7, 11) is 0. The second-order valence-corrected chi connectivity index (χ2v) is 4.18. The molecule has 1 aromatic carbocycles. The molecule has 94 valence electrons. The van der Waals surface area contributed by atoms with Gasteiger partial charge >= 0.3 is 0 Å². The predicted octanol–water partition coefficient (Wildman–Crippen LogP) is 1.98. The molecule has 4 nitrogen and oxygen atoms in total. The van der Waals surface area contributed by atoms with Crippen LogP contribution in [0.3, 0.4) is 0 Å². The normalized spacial score (nSPS) is 10.8. The highest BCUT2D eigenvalue weighted by Crippen LogP contribution is 2.06. The SMILES string of the molecule is O=c1c2cccnc2ncn1Cc1ccc(F)cc1. The van der Waals surface area contributed by atoms with Crippen LogP contribution in [0.1, 0.15) is 5.56 Å². The number of hydrogen-bond donors (Lipinski definition) is 0. The smallest absolute Gasteiger partial charge is 0.263 e. The van der Waals surface area contributed by atoms with Gasteiger partial charge in [0, 0.05) is 6.20 Å². The topological polar surface area (TPSA) is 47.8 Å². The number of pyridine rings is 1. The van der Waals surface area contributed by atoms with Gasteiger partial charge in [-0.05, 0) is 29.8 Å². The van der Waals surface area contributed by atoms with Crippen molar-refractivity contribution >= 4 is 11.0 Å². The first-order valence-electron chi connectivity index (χ1n) is 5.79. The minimum atomic E-state index is -0.295. The highest BCUT2D eigenvalue weighted by Gasteiger charge is 2.04. The van der Waals surface area contributed by atoms with Crippen LogP contribution in [0.2, 0.25) is 0 Å². The Morgan fingerprint density at radius 2 is 1.89 bits per heavy atom. The lowest BCUT2D eigenvalue weighted by Crippen LogP contribution is -2.21. The first kappa shape index (κ1) is 11.5. The second kappa shape index (κ2) is 4.61. The molecule has 0 bridgehead atoms. The summed E-state index contributed by atoms with van der Waals surface area (Å²) in [6.07, 6.45) is 3.06.